The highest BCUT2D eigenvalue weighted by molar-refractivity contribution is 5.88. The van der Waals surface area contributed by atoms with E-state index in [1.165, 1.54) is 17.2 Å². The third-order valence-corrected chi connectivity index (χ3v) is 3.95. The van der Waals surface area contributed by atoms with Crippen molar-refractivity contribution in [1.82, 2.24) is 0 Å². The van der Waals surface area contributed by atoms with Crippen LogP contribution < -0.4 is 4.74 Å². The molecule has 2 nitrogen and oxygen atoms in total. The first-order chi connectivity index (χ1) is 12.1. The number of benzene rings is 3. The molecule has 3 rings (SSSR count). The number of rotatable bonds is 4. The molecule has 0 amide bonds. The van der Waals surface area contributed by atoms with E-state index in [4.69, 9.17) is 4.74 Å². The van der Waals surface area contributed by atoms with E-state index in [2.05, 4.69) is 31.2 Å². The standard InChI is InChI=1S/C23H20O2/c1-17-3-7-19(8-4-17)9-16-23(24)25-22-14-12-21(13-15-22)20-10-5-18(2)6-11-20/h3-16H,1-2H3/b16-9+. The fraction of sp³-hybridized carbons (Fsp3) is 0.0870. The molecule has 0 aromatic heterocycles. The number of hydrogen-bond acceptors (Lipinski definition) is 2. The molecule has 0 bridgehead atoms. The van der Waals surface area contributed by atoms with Gasteiger partial charge in [0, 0.05) is 6.08 Å². The third-order valence-electron chi connectivity index (χ3n) is 3.95. The lowest BCUT2D eigenvalue weighted by molar-refractivity contribution is -0.128. The van der Waals surface area contributed by atoms with Crippen LogP contribution in [-0.2, 0) is 4.79 Å². The van der Waals surface area contributed by atoms with Crippen molar-refractivity contribution in [2.75, 3.05) is 0 Å². The Morgan fingerprint density at radius 1 is 0.720 bits per heavy atom. The minimum absolute atomic E-state index is 0.385. The average Bonchev–Trinajstić information content (AvgIpc) is 2.63. The Kier molecular flexibility index (Phi) is 5.10. The maximum atomic E-state index is 11.9. The molecule has 0 atom stereocenters. The number of ether oxygens (including phenoxy) is 1. The Balaban J connectivity index is 1.63. The van der Waals surface area contributed by atoms with Crippen molar-refractivity contribution in [2.24, 2.45) is 0 Å². The van der Waals surface area contributed by atoms with Gasteiger partial charge in [0.2, 0.25) is 0 Å². The molecule has 2 heteroatoms. The van der Waals surface area contributed by atoms with Crippen molar-refractivity contribution >= 4 is 12.0 Å². The highest BCUT2D eigenvalue weighted by Crippen LogP contribution is 2.23. The zero-order valence-corrected chi connectivity index (χ0v) is 14.4. The quantitative estimate of drug-likeness (QED) is 0.354. The first kappa shape index (κ1) is 16.7. The van der Waals surface area contributed by atoms with Crippen LogP contribution >= 0.6 is 0 Å². The molecule has 25 heavy (non-hydrogen) atoms. The first-order valence-electron chi connectivity index (χ1n) is 8.24. The van der Waals surface area contributed by atoms with Crippen molar-refractivity contribution in [1.29, 1.82) is 0 Å². The second kappa shape index (κ2) is 7.63. The molecule has 0 saturated carbocycles. The number of hydrogen-bond donors (Lipinski definition) is 0. The van der Waals surface area contributed by atoms with Crippen LogP contribution in [0.4, 0.5) is 0 Å². The van der Waals surface area contributed by atoms with Gasteiger partial charge in [-0.2, -0.15) is 0 Å². The second-order valence-corrected chi connectivity index (χ2v) is 6.06. The molecular formula is C23H20O2. The summed E-state index contributed by atoms with van der Waals surface area (Å²) < 4.78 is 5.34. The Morgan fingerprint density at radius 2 is 1.20 bits per heavy atom. The van der Waals surface area contributed by atoms with Gasteiger partial charge in [0.05, 0.1) is 0 Å². The van der Waals surface area contributed by atoms with Crippen LogP contribution in [0.25, 0.3) is 17.2 Å². The molecule has 0 aliphatic rings. The van der Waals surface area contributed by atoms with Crippen molar-refractivity contribution in [3.8, 4) is 16.9 Å². The van der Waals surface area contributed by atoms with Gasteiger partial charge in [-0.3, -0.25) is 0 Å². The van der Waals surface area contributed by atoms with Gasteiger partial charge in [-0.25, -0.2) is 4.79 Å². The van der Waals surface area contributed by atoms with Crippen LogP contribution in [0.15, 0.2) is 78.9 Å². The van der Waals surface area contributed by atoms with Gasteiger partial charge in [-0.05, 0) is 48.7 Å². The van der Waals surface area contributed by atoms with Gasteiger partial charge >= 0.3 is 5.97 Å². The lowest BCUT2D eigenvalue weighted by Gasteiger charge is -2.05. The molecule has 0 unspecified atom stereocenters. The van der Waals surface area contributed by atoms with Crippen LogP contribution in [0.5, 0.6) is 5.75 Å². The highest BCUT2D eigenvalue weighted by Gasteiger charge is 2.02. The molecule has 0 spiro atoms. The van der Waals surface area contributed by atoms with E-state index < -0.39 is 0 Å². The van der Waals surface area contributed by atoms with E-state index in [-0.39, 0.29) is 5.97 Å². The van der Waals surface area contributed by atoms with Gasteiger partial charge in [0.15, 0.2) is 0 Å². The molecule has 0 heterocycles. The predicted octanol–water partition coefficient (Wildman–Crippen LogP) is 5.59. The molecule has 0 fully saturated rings. The van der Waals surface area contributed by atoms with Gasteiger partial charge in [0.1, 0.15) is 5.75 Å². The normalized spacial score (nSPS) is 10.8. The summed E-state index contributed by atoms with van der Waals surface area (Å²) >= 11 is 0. The van der Waals surface area contributed by atoms with E-state index in [1.807, 2.05) is 55.5 Å². The Morgan fingerprint density at radius 3 is 1.76 bits per heavy atom. The Labute approximate surface area is 148 Å². The van der Waals surface area contributed by atoms with Gasteiger partial charge in [0.25, 0.3) is 0 Å². The van der Waals surface area contributed by atoms with Crippen molar-refractivity contribution in [2.45, 2.75) is 13.8 Å². The summed E-state index contributed by atoms with van der Waals surface area (Å²) in [4.78, 5) is 11.9. The molecule has 3 aromatic rings. The lowest BCUT2D eigenvalue weighted by Crippen LogP contribution is -2.03. The maximum Gasteiger partial charge on any atom is 0.336 e. The smallest absolute Gasteiger partial charge is 0.336 e. The molecule has 0 saturated heterocycles. The molecule has 0 aliphatic heterocycles. The van der Waals surface area contributed by atoms with Crippen molar-refractivity contribution in [3.63, 3.8) is 0 Å². The van der Waals surface area contributed by atoms with Crippen LogP contribution in [0.2, 0.25) is 0 Å². The SMILES string of the molecule is Cc1ccc(/C=C/C(=O)Oc2ccc(-c3ccc(C)cc3)cc2)cc1. The molecular weight excluding hydrogens is 308 g/mol. The van der Waals surface area contributed by atoms with Gasteiger partial charge < -0.3 is 4.74 Å². The van der Waals surface area contributed by atoms with E-state index in [1.54, 1.807) is 6.08 Å². The van der Waals surface area contributed by atoms with E-state index >= 15 is 0 Å². The van der Waals surface area contributed by atoms with Gasteiger partial charge in [-0.1, -0.05) is 71.8 Å². The minimum Gasteiger partial charge on any atom is -0.423 e. The fourth-order valence-corrected chi connectivity index (χ4v) is 2.45. The largest absolute Gasteiger partial charge is 0.423 e. The summed E-state index contributed by atoms with van der Waals surface area (Å²) in [6, 6.07) is 23.8. The Bertz CT molecular complexity index is 871. The first-order valence-corrected chi connectivity index (χ1v) is 8.24. The number of esters is 1. The van der Waals surface area contributed by atoms with Crippen LogP contribution in [0.1, 0.15) is 16.7 Å². The summed E-state index contributed by atoms with van der Waals surface area (Å²) in [7, 11) is 0. The summed E-state index contributed by atoms with van der Waals surface area (Å²) in [6.45, 7) is 4.10. The van der Waals surface area contributed by atoms with Crippen molar-refractivity contribution in [3.05, 3.63) is 95.6 Å². The number of aryl methyl sites for hydroxylation is 2. The van der Waals surface area contributed by atoms with Crippen LogP contribution in [0.3, 0.4) is 0 Å². The predicted molar refractivity (Wildman–Crippen MR) is 102 cm³/mol. The number of carbonyl (C=O) groups is 1. The fourth-order valence-electron chi connectivity index (χ4n) is 2.45. The monoisotopic (exact) mass is 328 g/mol. The van der Waals surface area contributed by atoms with Crippen LogP contribution in [0, 0.1) is 13.8 Å². The third kappa shape index (κ3) is 4.67. The lowest BCUT2D eigenvalue weighted by atomic mass is 10.0. The molecule has 124 valence electrons. The van der Waals surface area contributed by atoms with Gasteiger partial charge in [-0.15, -0.1) is 0 Å². The molecule has 3 aromatic carbocycles. The summed E-state index contributed by atoms with van der Waals surface area (Å²) in [5.41, 5.74) is 5.62. The van der Waals surface area contributed by atoms with E-state index in [0.29, 0.717) is 5.75 Å². The highest BCUT2D eigenvalue weighted by atomic mass is 16.5. The van der Waals surface area contributed by atoms with E-state index in [9.17, 15) is 4.79 Å². The summed E-state index contributed by atoms with van der Waals surface area (Å²) in [5.74, 6) is 0.151. The average molecular weight is 328 g/mol. The Hall–Kier alpha value is -3.13. The van der Waals surface area contributed by atoms with Crippen molar-refractivity contribution < 1.29 is 9.53 Å². The molecule has 0 N–H and O–H groups in total. The second-order valence-electron chi connectivity index (χ2n) is 6.06. The minimum atomic E-state index is -0.385. The van der Waals surface area contributed by atoms with E-state index in [0.717, 1.165) is 16.7 Å². The summed E-state index contributed by atoms with van der Waals surface area (Å²) in [6.07, 6.45) is 3.20. The van der Waals surface area contributed by atoms with Crippen LogP contribution in [-0.4, -0.2) is 5.97 Å². The molecule has 0 aliphatic carbocycles. The molecule has 0 radical (unpaired) electrons. The summed E-state index contributed by atoms with van der Waals surface area (Å²) in [5, 5.41) is 0. The zero-order chi connectivity index (χ0) is 17.6. The zero-order valence-electron chi connectivity index (χ0n) is 14.4. The topological polar surface area (TPSA) is 26.3 Å². The number of carbonyl (C=O) groups excluding carboxylic acids is 1. The maximum absolute atomic E-state index is 11.9.